The second-order valence-corrected chi connectivity index (χ2v) is 22.4. The van der Waals surface area contributed by atoms with Gasteiger partial charge in [-0.3, -0.25) is 0 Å². The van der Waals surface area contributed by atoms with Gasteiger partial charge in [0.1, 0.15) is 22.3 Å². The van der Waals surface area contributed by atoms with Crippen LogP contribution in [0.4, 0.5) is 0 Å². The minimum absolute atomic E-state index is 0.523. The zero-order valence-corrected chi connectivity index (χ0v) is 47.2. The van der Waals surface area contributed by atoms with Gasteiger partial charge in [0.15, 0.2) is 17.5 Å². The third-order valence-corrected chi connectivity index (χ3v) is 17.3. The molecule has 16 aromatic rings. The number of fused-ring (bicyclic) bond motifs is 9. The molecule has 0 bridgehead atoms. The first-order valence-electron chi connectivity index (χ1n) is 29.7. The molecule has 0 N–H and O–H groups in total. The Bertz CT molecular complexity index is 5160. The Morgan fingerprint density at radius 3 is 1.14 bits per heavy atom. The van der Waals surface area contributed by atoms with E-state index < -0.39 is 0 Å². The maximum Gasteiger partial charge on any atom is 0.164 e. The van der Waals surface area contributed by atoms with Crippen molar-refractivity contribution in [3.63, 3.8) is 0 Å². The minimum Gasteiger partial charge on any atom is -0.456 e. The summed E-state index contributed by atoms with van der Waals surface area (Å²) in [6, 6.07) is 97.4. The van der Waals surface area contributed by atoms with Gasteiger partial charge < -0.3 is 13.4 Å². The van der Waals surface area contributed by atoms with Gasteiger partial charge >= 0.3 is 0 Å². The molecule has 6 heteroatoms. The Balaban J connectivity index is 1.02. The van der Waals surface area contributed by atoms with Crippen molar-refractivity contribution in [1.29, 1.82) is 0 Å². The molecular weight excluding hydrogens is 1060 g/mol. The van der Waals surface area contributed by atoms with E-state index in [0.29, 0.717) is 17.5 Å². The van der Waals surface area contributed by atoms with E-state index in [1.807, 2.05) is 36.4 Å². The summed E-state index contributed by atoms with van der Waals surface area (Å²) in [7, 11) is 0. The molecule has 0 radical (unpaired) electrons. The summed E-state index contributed by atoms with van der Waals surface area (Å²) in [6.45, 7) is 0. The lowest BCUT2D eigenvalue weighted by Crippen LogP contribution is -2.07. The Morgan fingerprint density at radius 2 is 0.678 bits per heavy atom. The van der Waals surface area contributed by atoms with Crippen molar-refractivity contribution in [1.82, 2.24) is 19.5 Å². The first-order chi connectivity index (χ1) is 43.1. The molecule has 0 fully saturated rings. The molecule has 4 aromatic heterocycles. The van der Waals surface area contributed by atoms with E-state index >= 15 is 0 Å². The first-order valence-corrected chi connectivity index (χ1v) is 29.7. The third kappa shape index (κ3) is 8.52. The Hall–Kier alpha value is -11.5. The fraction of sp³-hybridized carbons (Fsp3) is 0.0247. The average Bonchev–Trinajstić information content (AvgIpc) is 1.87. The van der Waals surface area contributed by atoms with E-state index in [9.17, 15) is 0 Å². The molecule has 12 aromatic carbocycles. The van der Waals surface area contributed by atoms with Crippen LogP contribution < -0.4 is 0 Å². The van der Waals surface area contributed by atoms with E-state index in [1.54, 1.807) is 0 Å². The molecule has 6 nitrogen and oxygen atoms in total. The van der Waals surface area contributed by atoms with Gasteiger partial charge in [0, 0.05) is 71.3 Å². The third-order valence-electron chi connectivity index (χ3n) is 17.3. The molecule has 0 saturated heterocycles. The highest BCUT2D eigenvalue weighted by Crippen LogP contribution is 2.51. The van der Waals surface area contributed by atoms with E-state index in [0.717, 1.165) is 168 Å². The molecule has 1 aliphatic rings. The molecule has 0 unspecified atom stereocenters. The number of rotatable bonds is 10. The highest BCUT2D eigenvalue weighted by atomic mass is 16.3. The van der Waals surface area contributed by atoms with E-state index in [2.05, 4.69) is 259 Å². The predicted octanol–water partition coefficient (Wildman–Crippen LogP) is 21.8. The quantitative estimate of drug-likeness (QED) is 0.136. The van der Waals surface area contributed by atoms with Crippen LogP contribution in [0.2, 0.25) is 0 Å². The maximum absolute atomic E-state index is 6.52. The van der Waals surface area contributed by atoms with Crippen molar-refractivity contribution in [2.24, 2.45) is 0 Å². The van der Waals surface area contributed by atoms with Crippen molar-refractivity contribution in [3.8, 4) is 95.5 Å². The molecule has 0 saturated carbocycles. The number of benzene rings is 12. The molecule has 4 heterocycles. The zero-order valence-electron chi connectivity index (χ0n) is 47.2. The van der Waals surface area contributed by atoms with E-state index in [1.165, 1.54) is 0 Å². The van der Waals surface area contributed by atoms with Crippen LogP contribution in [0.3, 0.4) is 0 Å². The molecule has 408 valence electrons. The van der Waals surface area contributed by atoms with Gasteiger partial charge in [-0.15, -0.1) is 0 Å². The first kappa shape index (κ1) is 50.1. The molecule has 0 amide bonds. The van der Waals surface area contributed by atoms with Crippen molar-refractivity contribution < 1.29 is 8.83 Å². The number of hydrogen-bond donors (Lipinski definition) is 0. The summed E-state index contributed by atoms with van der Waals surface area (Å²) in [5.74, 6) is 1.58. The normalized spacial score (nSPS) is 12.5. The number of furan rings is 2. The average molecular weight is 1110 g/mol. The highest BCUT2D eigenvalue weighted by molar-refractivity contribution is 6.22. The molecule has 87 heavy (non-hydrogen) atoms. The smallest absolute Gasteiger partial charge is 0.164 e. The van der Waals surface area contributed by atoms with Crippen LogP contribution in [-0.2, 0) is 0 Å². The molecule has 0 spiro atoms. The Kier molecular flexibility index (Phi) is 11.9. The van der Waals surface area contributed by atoms with Crippen LogP contribution in [0, 0.1) is 0 Å². The van der Waals surface area contributed by atoms with Gasteiger partial charge in [0.2, 0.25) is 0 Å². The molecule has 17 rings (SSSR count). The summed E-state index contributed by atoms with van der Waals surface area (Å²) in [6.07, 6.45) is 8.86. The predicted molar refractivity (Wildman–Crippen MR) is 359 cm³/mol. The van der Waals surface area contributed by atoms with Crippen LogP contribution in [0.25, 0.3) is 167 Å². The van der Waals surface area contributed by atoms with Crippen molar-refractivity contribution >= 4 is 71.3 Å². The Labute approximate surface area is 502 Å². The number of hydrogen-bond acceptors (Lipinski definition) is 5. The van der Waals surface area contributed by atoms with Crippen LogP contribution >= 0.6 is 0 Å². The SMILES string of the molecule is C1=CC(c2cc(-c3nc(-c4ccc5c(c4)oc4ccccc45)nc(-c4ccc5c(c4)oc4ccccc45)n3)cc(-c3ccccc3)c2-n2c3c(-c4ccccc4)c(-c4ccccc4)ccc3c3ccc(-c4ccccc4)c(-c4ccccc4)c32)=CCC1. The van der Waals surface area contributed by atoms with Crippen LogP contribution in [0.1, 0.15) is 18.4 Å². The van der Waals surface area contributed by atoms with Crippen molar-refractivity contribution in [2.75, 3.05) is 0 Å². The molecular formula is C81H52N4O2. The fourth-order valence-electron chi connectivity index (χ4n) is 13.3. The van der Waals surface area contributed by atoms with Gasteiger partial charge in [0.25, 0.3) is 0 Å². The second-order valence-electron chi connectivity index (χ2n) is 22.4. The second kappa shape index (κ2) is 20.7. The van der Waals surface area contributed by atoms with Gasteiger partial charge in [-0.1, -0.05) is 243 Å². The fourth-order valence-corrected chi connectivity index (χ4v) is 13.3. The summed E-state index contributed by atoms with van der Waals surface area (Å²) >= 11 is 0. The monoisotopic (exact) mass is 1110 g/mol. The topological polar surface area (TPSA) is 69.9 Å². The van der Waals surface area contributed by atoms with Crippen molar-refractivity contribution in [2.45, 2.75) is 12.8 Å². The molecule has 0 aliphatic heterocycles. The summed E-state index contributed by atoms with van der Waals surface area (Å²) in [4.78, 5) is 16.4. The Morgan fingerprint density at radius 1 is 0.287 bits per heavy atom. The largest absolute Gasteiger partial charge is 0.456 e. The molecule has 1 aliphatic carbocycles. The van der Waals surface area contributed by atoms with Crippen LogP contribution in [-0.4, -0.2) is 19.5 Å². The summed E-state index contributed by atoms with van der Waals surface area (Å²) in [5.41, 5.74) is 22.2. The summed E-state index contributed by atoms with van der Waals surface area (Å²) < 4.78 is 15.7. The number of aromatic nitrogens is 4. The summed E-state index contributed by atoms with van der Waals surface area (Å²) in [5, 5.41) is 6.48. The number of allylic oxidation sites excluding steroid dienone is 4. The van der Waals surface area contributed by atoms with Gasteiger partial charge in [0.05, 0.1) is 16.7 Å². The number of nitrogens with zero attached hydrogens (tertiary/aromatic N) is 4. The van der Waals surface area contributed by atoms with E-state index in [-0.39, 0.29) is 0 Å². The standard InChI is InChI=1S/C81H52N4O2/c1-7-23-51(24-8-1)60-43-45-66-67-46-44-61(52-25-9-2-10-26-52)75(56-33-17-6-18-34-56)78(67)85(77(66)74(60)55-31-15-5-16-32-55)76-68(53-27-11-3-12-28-53)47-59(48-69(76)54-29-13-4-14-30-54)81-83-79(57-39-41-64-62-35-19-21-37-70(62)86-72(64)49-57)82-80(84-81)58-40-42-65-63-36-20-22-38-71(63)87-73(65)50-58/h1-3,5-13,15-50H,4,14H2. The van der Waals surface area contributed by atoms with Crippen LogP contribution in [0.15, 0.2) is 300 Å². The molecule has 0 atom stereocenters. The maximum atomic E-state index is 6.52. The van der Waals surface area contributed by atoms with Crippen LogP contribution in [0.5, 0.6) is 0 Å². The highest BCUT2D eigenvalue weighted by Gasteiger charge is 2.29. The van der Waals surface area contributed by atoms with Crippen molar-refractivity contribution in [3.05, 3.63) is 297 Å². The van der Waals surface area contributed by atoms with Gasteiger partial charge in [-0.2, -0.15) is 0 Å². The van der Waals surface area contributed by atoms with Gasteiger partial charge in [-0.25, -0.2) is 15.0 Å². The minimum atomic E-state index is 0.523. The lowest BCUT2D eigenvalue weighted by Gasteiger charge is -2.25. The number of para-hydroxylation sites is 2. The zero-order chi connectivity index (χ0) is 57.4. The van der Waals surface area contributed by atoms with Gasteiger partial charge in [-0.05, 0) is 106 Å². The lowest BCUT2D eigenvalue weighted by atomic mass is 9.89. The van der Waals surface area contributed by atoms with E-state index in [4.69, 9.17) is 23.8 Å². The lowest BCUT2D eigenvalue weighted by molar-refractivity contribution is 0.668.